The van der Waals surface area contributed by atoms with Crippen molar-refractivity contribution >= 4 is 35.1 Å². The zero-order valence-electron chi connectivity index (χ0n) is 10.5. The van der Waals surface area contributed by atoms with Gasteiger partial charge in [0, 0.05) is 18.0 Å². The summed E-state index contributed by atoms with van der Waals surface area (Å²) in [5.41, 5.74) is -0.878. The van der Waals surface area contributed by atoms with Crippen molar-refractivity contribution in [3.05, 3.63) is 28.8 Å². The number of carbonyl (C=O) groups is 1. The minimum atomic E-state index is -4.55. The molecule has 1 atom stereocenters. The summed E-state index contributed by atoms with van der Waals surface area (Å²) in [6, 6.07) is 2.91. The van der Waals surface area contributed by atoms with Gasteiger partial charge in [0.15, 0.2) is 0 Å². The Bertz CT molecular complexity index is 524. The van der Waals surface area contributed by atoms with Gasteiger partial charge in [-0.1, -0.05) is 11.6 Å². The number of urea groups is 1. The monoisotopic (exact) mass is 324 g/mol. The second-order valence-electron chi connectivity index (χ2n) is 4.29. The van der Waals surface area contributed by atoms with Crippen LogP contribution in [-0.4, -0.2) is 28.6 Å². The number of amides is 2. The van der Waals surface area contributed by atoms with Crippen molar-refractivity contribution in [1.29, 1.82) is 0 Å². The lowest BCUT2D eigenvalue weighted by molar-refractivity contribution is -0.137. The van der Waals surface area contributed by atoms with E-state index in [-0.39, 0.29) is 16.1 Å². The number of hydrogen-bond acceptors (Lipinski definition) is 2. The van der Waals surface area contributed by atoms with E-state index in [1.165, 1.54) is 6.07 Å². The quantitative estimate of drug-likeness (QED) is 0.836. The number of rotatable bonds is 1. The number of hydrogen-bond donors (Lipinski definition) is 1. The van der Waals surface area contributed by atoms with Gasteiger partial charge in [-0.25, -0.2) is 4.79 Å². The second-order valence-corrected chi connectivity index (χ2v) is 6.12. The van der Waals surface area contributed by atoms with Crippen LogP contribution in [0.25, 0.3) is 0 Å². The summed E-state index contributed by atoms with van der Waals surface area (Å²) in [4.78, 5) is 13.5. The van der Waals surface area contributed by atoms with Crippen molar-refractivity contribution in [2.24, 2.45) is 0 Å². The minimum absolute atomic E-state index is 0.0180. The van der Waals surface area contributed by atoms with E-state index in [2.05, 4.69) is 5.32 Å². The SMILES string of the molecule is CC1SCCN1C(=O)Nc1ccc(Cl)c(C(F)(F)F)c1. The van der Waals surface area contributed by atoms with E-state index in [9.17, 15) is 18.0 Å². The highest BCUT2D eigenvalue weighted by Gasteiger charge is 2.33. The molecule has 0 saturated carbocycles. The maximum atomic E-state index is 12.7. The molecule has 8 heteroatoms. The third kappa shape index (κ3) is 3.32. The molecule has 110 valence electrons. The number of carbonyl (C=O) groups excluding carboxylic acids is 1. The fraction of sp³-hybridized carbons (Fsp3) is 0.417. The molecular formula is C12H12ClF3N2OS. The van der Waals surface area contributed by atoms with E-state index in [1.54, 1.807) is 16.7 Å². The lowest BCUT2D eigenvalue weighted by Crippen LogP contribution is -2.36. The number of nitrogens with zero attached hydrogens (tertiary/aromatic N) is 1. The molecule has 0 bridgehead atoms. The Labute approximate surface area is 123 Å². The second kappa shape index (κ2) is 5.73. The van der Waals surface area contributed by atoms with Crippen molar-refractivity contribution in [1.82, 2.24) is 4.90 Å². The summed E-state index contributed by atoms with van der Waals surface area (Å²) in [6.07, 6.45) is -4.55. The molecule has 0 aromatic heterocycles. The van der Waals surface area contributed by atoms with Gasteiger partial charge in [-0.3, -0.25) is 0 Å². The molecule has 1 unspecified atom stereocenters. The molecule has 1 aliphatic heterocycles. The first kappa shape index (κ1) is 15.3. The van der Waals surface area contributed by atoms with Crippen molar-refractivity contribution in [2.75, 3.05) is 17.6 Å². The largest absolute Gasteiger partial charge is 0.417 e. The normalized spacial score (nSPS) is 19.2. The average Bonchev–Trinajstić information content (AvgIpc) is 2.76. The molecule has 1 fully saturated rings. The fourth-order valence-electron chi connectivity index (χ4n) is 1.88. The van der Waals surface area contributed by atoms with E-state index in [1.807, 2.05) is 6.92 Å². The Balaban J connectivity index is 2.16. The first-order valence-electron chi connectivity index (χ1n) is 5.85. The summed E-state index contributed by atoms with van der Waals surface area (Å²) >= 11 is 7.14. The van der Waals surface area contributed by atoms with Crippen molar-refractivity contribution in [2.45, 2.75) is 18.5 Å². The number of anilines is 1. The van der Waals surface area contributed by atoms with Gasteiger partial charge in [-0.2, -0.15) is 13.2 Å². The molecule has 2 amide bonds. The molecular weight excluding hydrogens is 313 g/mol. The standard InChI is InChI=1S/C12H12ClF3N2OS/c1-7-18(4-5-20-7)11(19)17-8-2-3-10(13)9(6-8)12(14,15)16/h2-3,6-7H,4-5H2,1H3,(H,17,19). The minimum Gasteiger partial charge on any atom is -0.312 e. The molecule has 0 radical (unpaired) electrons. The highest BCUT2D eigenvalue weighted by molar-refractivity contribution is 8.00. The molecule has 3 nitrogen and oxygen atoms in total. The highest BCUT2D eigenvalue weighted by atomic mass is 35.5. The van der Waals surface area contributed by atoms with Gasteiger partial charge in [0.1, 0.15) is 0 Å². The zero-order valence-corrected chi connectivity index (χ0v) is 12.1. The summed E-state index contributed by atoms with van der Waals surface area (Å²) < 4.78 is 38.2. The molecule has 1 aliphatic rings. The first-order chi connectivity index (χ1) is 9.29. The Morgan fingerprint density at radius 3 is 2.75 bits per heavy atom. The third-order valence-corrected chi connectivity index (χ3v) is 4.40. The van der Waals surface area contributed by atoms with Crippen molar-refractivity contribution in [3.8, 4) is 0 Å². The summed E-state index contributed by atoms with van der Waals surface area (Å²) in [6.45, 7) is 2.46. The molecule has 1 saturated heterocycles. The topological polar surface area (TPSA) is 32.3 Å². The first-order valence-corrected chi connectivity index (χ1v) is 7.27. The van der Waals surface area contributed by atoms with Crippen LogP contribution >= 0.6 is 23.4 Å². The zero-order chi connectivity index (χ0) is 14.9. The summed E-state index contributed by atoms with van der Waals surface area (Å²) in [5.74, 6) is 0.822. The number of nitrogens with one attached hydrogen (secondary N) is 1. The lowest BCUT2D eigenvalue weighted by atomic mass is 10.2. The van der Waals surface area contributed by atoms with Crippen LogP contribution in [0.4, 0.5) is 23.7 Å². The Morgan fingerprint density at radius 1 is 1.50 bits per heavy atom. The van der Waals surface area contributed by atoms with Crippen LogP contribution in [-0.2, 0) is 6.18 Å². The average molecular weight is 325 g/mol. The van der Waals surface area contributed by atoms with Crippen LogP contribution in [0.15, 0.2) is 18.2 Å². The van der Waals surface area contributed by atoms with E-state index >= 15 is 0 Å². The van der Waals surface area contributed by atoms with E-state index in [0.29, 0.717) is 6.54 Å². The Hall–Kier alpha value is -1.08. The van der Waals surface area contributed by atoms with Crippen LogP contribution in [0, 0.1) is 0 Å². The van der Waals surface area contributed by atoms with Crippen LogP contribution in [0.2, 0.25) is 5.02 Å². The Morgan fingerprint density at radius 2 is 2.20 bits per heavy atom. The van der Waals surface area contributed by atoms with Crippen LogP contribution in [0.3, 0.4) is 0 Å². The molecule has 2 rings (SSSR count). The Kier molecular flexibility index (Phi) is 4.39. The maximum Gasteiger partial charge on any atom is 0.417 e. The molecule has 1 aromatic rings. The van der Waals surface area contributed by atoms with Gasteiger partial charge < -0.3 is 10.2 Å². The number of benzene rings is 1. The molecule has 20 heavy (non-hydrogen) atoms. The van der Waals surface area contributed by atoms with Crippen molar-refractivity contribution < 1.29 is 18.0 Å². The molecule has 0 spiro atoms. The van der Waals surface area contributed by atoms with Gasteiger partial charge >= 0.3 is 12.2 Å². The predicted molar refractivity (Wildman–Crippen MR) is 74.1 cm³/mol. The summed E-state index contributed by atoms with van der Waals surface area (Å²) in [5, 5.41) is 2.10. The number of alkyl halides is 3. The van der Waals surface area contributed by atoms with Gasteiger partial charge in [0.25, 0.3) is 0 Å². The van der Waals surface area contributed by atoms with E-state index < -0.39 is 17.8 Å². The fourth-order valence-corrected chi connectivity index (χ4v) is 3.12. The lowest BCUT2D eigenvalue weighted by Gasteiger charge is -2.21. The van der Waals surface area contributed by atoms with Gasteiger partial charge in [0.2, 0.25) is 0 Å². The van der Waals surface area contributed by atoms with Gasteiger partial charge in [-0.05, 0) is 25.1 Å². The molecule has 1 N–H and O–H groups in total. The van der Waals surface area contributed by atoms with E-state index in [0.717, 1.165) is 17.9 Å². The molecule has 0 aliphatic carbocycles. The smallest absolute Gasteiger partial charge is 0.312 e. The van der Waals surface area contributed by atoms with Crippen LogP contribution in [0.1, 0.15) is 12.5 Å². The predicted octanol–water partition coefficient (Wildman–Crippen LogP) is 4.29. The highest BCUT2D eigenvalue weighted by Crippen LogP contribution is 2.36. The van der Waals surface area contributed by atoms with Crippen molar-refractivity contribution in [3.63, 3.8) is 0 Å². The van der Waals surface area contributed by atoms with Gasteiger partial charge in [0.05, 0.1) is 16.0 Å². The number of halogens is 4. The molecule has 1 heterocycles. The third-order valence-electron chi connectivity index (χ3n) is 2.91. The van der Waals surface area contributed by atoms with Crippen LogP contribution < -0.4 is 5.32 Å². The summed E-state index contributed by atoms with van der Waals surface area (Å²) in [7, 11) is 0. The van der Waals surface area contributed by atoms with Crippen LogP contribution in [0.5, 0.6) is 0 Å². The maximum absolute atomic E-state index is 12.7. The van der Waals surface area contributed by atoms with E-state index in [4.69, 9.17) is 11.6 Å². The van der Waals surface area contributed by atoms with Gasteiger partial charge in [-0.15, -0.1) is 11.8 Å². The number of thioether (sulfide) groups is 1. The molecule has 1 aromatic carbocycles.